The average Bonchev–Trinajstić information content (AvgIpc) is 2.23. The second-order valence-corrected chi connectivity index (χ2v) is 4.13. The first-order valence-electron chi connectivity index (χ1n) is 4.97. The number of rotatable bonds is 1. The van der Waals surface area contributed by atoms with Gasteiger partial charge in [-0.2, -0.15) is 0 Å². The van der Waals surface area contributed by atoms with Crippen molar-refractivity contribution in [2.45, 2.75) is 13.0 Å². The van der Waals surface area contributed by atoms with E-state index in [0.29, 0.717) is 6.04 Å². The normalized spacial score (nSPS) is 20.8. The molecule has 2 N–H and O–H groups in total. The molecule has 2 nitrogen and oxygen atoms in total. The fourth-order valence-electron chi connectivity index (χ4n) is 1.71. The summed E-state index contributed by atoms with van der Waals surface area (Å²) in [6.07, 6.45) is 0. The van der Waals surface area contributed by atoms with Crippen LogP contribution in [0.5, 0.6) is 0 Å². The lowest BCUT2D eigenvalue weighted by Crippen LogP contribution is -2.42. The molecule has 0 amide bonds. The summed E-state index contributed by atoms with van der Waals surface area (Å²) < 4.78 is 0. The van der Waals surface area contributed by atoms with Crippen molar-refractivity contribution < 1.29 is 0 Å². The van der Waals surface area contributed by atoms with Crippen LogP contribution in [0.2, 0.25) is 5.02 Å². The number of benzene rings is 1. The molecule has 1 saturated heterocycles. The van der Waals surface area contributed by atoms with Gasteiger partial charge >= 0.3 is 0 Å². The molecule has 1 atom stereocenters. The molecular formula is C11H16Cl2N2. The van der Waals surface area contributed by atoms with E-state index in [1.165, 1.54) is 5.56 Å². The van der Waals surface area contributed by atoms with Crippen LogP contribution in [0.15, 0.2) is 18.2 Å². The van der Waals surface area contributed by atoms with E-state index in [2.05, 4.69) is 28.8 Å². The van der Waals surface area contributed by atoms with Gasteiger partial charge < -0.3 is 10.6 Å². The lowest BCUT2D eigenvalue weighted by atomic mass is 10.0. The Morgan fingerprint density at radius 2 is 2.13 bits per heavy atom. The van der Waals surface area contributed by atoms with E-state index in [9.17, 15) is 0 Å². The molecule has 1 aromatic rings. The highest BCUT2D eigenvalue weighted by molar-refractivity contribution is 6.31. The molecule has 1 aliphatic rings. The van der Waals surface area contributed by atoms with E-state index < -0.39 is 0 Å². The monoisotopic (exact) mass is 246 g/mol. The highest BCUT2D eigenvalue weighted by atomic mass is 35.5. The molecule has 15 heavy (non-hydrogen) atoms. The van der Waals surface area contributed by atoms with Crippen LogP contribution >= 0.6 is 24.0 Å². The molecule has 0 aromatic heterocycles. The fraction of sp³-hybridized carbons (Fsp3) is 0.455. The van der Waals surface area contributed by atoms with Crippen LogP contribution in [-0.2, 0) is 0 Å². The quantitative estimate of drug-likeness (QED) is 0.795. The summed E-state index contributed by atoms with van der Waals surface area (Å²) in [4.78, 5) is 0. The van der Waals surface area contributed by atoms with E-state index in [1.54, 1.807) is 0 Å². The Morgan fingerprint density at radius 3 is 2.73 bits per heavy atom. The number of nitrogens with one attached hydrogen (secondary N) is 2. The van der Waals surface area contributed by atoms with Crippen molar-refractivity contribution in [3.8, 4) is 0 Å². The number of halogens is 2. The minimum Gasteiger partial charge on any atom is -0.314 e. The van der Waals surface area contributed by atoms with Gasteiger partial charge in [0.1, 0.15) is 0 Å². The van der Waals surface area contributed by atoms with Gasteiger partial charge in [0.05, 0.1) is 0 Å². The highest BCUT2D eigenvalue weighted by Gasteiger charge is 2.14. The van der Waals surface area contributed by atoms with E-state index in [-0.39, 0.29) is 12.4 Å². The molecule has 0 aliphatic carbocycles. The van der Waals surface area contributed by atoms with Crippen LogP contribution in [0.25, 0.3) is 0 Å². The maximum atomic E-state index is 6.08. The Hall–Kier alpha value is -0.280. The molecule has 2 rings (SSSR count). The van der Waals surface area contributed by atoms with Crippen molar-refractivity contribution in [1.82, 2.24) is 10.6 Å². The van der Waals surface area contributed by atoms with Crippen LogP contribution in [0, 0.1) is 6.92 Å². The SMILES string of the molecule is Cc1ccc([C@H]2CNCCN2)cc1Cl.Cl. The minimum absolute atomic E-state index is 0. The zero-order valence-electron chi connectivity index (χ0n) is 8.72. The van der Waals surface area contributed by atoms with E-state index >= 15 is 0 Å². The van der Waals surface area contributed by atoms with Gasteiger partial charge in [0.25, 0.3) is 0 Å². The molecule has 1 aliphatic heterocycles. The molecule has 0 spiro atoms. The van der Waals surface area contributed by atoms with Crippen LogP contribution < -0.4 is 10.6 Å². The topological polar surface area (TPSA) is 24.1 Å². The van der Waals surface area contributed by atoms with E-state index in [0.717, 1.165) is 30.2 Å². The predicted molar refractivity (Wildman–Crippen MR) is 67.1 cm³/mol. The molecule has 0 saturated carbocycles. The first-order valence-corrected chi connectivity index (χ1v) is 5.35. The van der Waals surface area contributed by atoms with Gasteiger partial charge in [-0.1, -0.05) is 23.7 Å². The van der Waals surface area contributed by atoms with Gasteiger partial charge in [-0.15, -0.1) is 12.4 Å². The van der Waals surface area contributed by atoms with Crippen molar-refractivity contribution in [3.63, 3.8) is 0 Å². The van der Waals surface area contributed by atoms with Crippen LogP contribution in [0.1, 0.15) is 17.2 Å². The Labute approximate surface area is 102 Å². The van der Waals surface area contributed by atoms with Gasteiger partial charge in [-0.3, -0.25) is 0 Å². The van der Waals surface area contributed by atoms with Crippen molar-refractivity contribution in [1.29, 1.82) is 0 Å². The molecular weight excluding hydrogens is 231 g/mol. The minimum atomic E-state index is 0. The Kier molecular flexibility index (Phi) is 4.87. The maximum Gasteiger partial charge on any atom is 0.0447 e. The number of hydrogen-bond acceptors (Lipinski definition) is 2. The van der Waals surface area contributed by atoms with Gasteiger partial charge in [0, 0.05) is 30.7 Å². The molecule has 4 heteroatoms. The second kappa shape index (κ2) is 5.71. The molecule has 0 radical (unpaired) electrons. The van der Waals surface area contributed by atoms with E-state index in [1.807, 2.05) is 6.92 Å². The fourth-order valence-corrected chi connectivity index (χ4v) is 1.90. The average molecular weight is 247 g/mol. The number of aryl methyl sites for hydroxylation is 1. The molecule has 1 fully saturated rings. The Bertz CT molecular complexity index is 322. The lowest BCUT2D eigenvalue weighted by molar-refractivity contribution is 0.430. The van der Waals surface area contributed by atoms with Crippen molar-refractivity contribution in [2.75, 3.05) is 19.6 Å². The summed E-state index contributed by atoms with van der Waals surface area (Å²) in [6, 6.07) is 6.68. The lowest BCUT2D eigenvalue weighted by Gasteiger charge is -2.25. The van der Waals surface area contributed by atoms with Crippen LogP contribution in [0.4, 0.5) is 0 Å². The summed E-state index contributed by atoms with van der Waals surface area (Å²) in [5, 5.41) is 7.68. The summed E-state index contributed by atoms with van der Waals surface area (Å²) in [5.74, 6) is 0. The van der Waals surface area contributed by atoms with Gasteiger partial charge in [0.15, 0.2) is 0 Å². The standard InChI is InChI=1S/C11H15ClN2.ClH/c1-8-2-3-9(6-10(8)12)11-7-13-4-5-14-11;/h2-3,6,11,13-14H,4-5,7H2,1H3;1H/t11-;/m1./s1. The summed E-state index contributed by atoms with van der Waals surface area (Å²) >= 11 is 6.08. The number of piperazine rings is 1. The van der Waals surface area contributed by atoms with Gasteiger partial charge in [-0.25, -0.2) is 0 Å². The summed E-state index contributed by atoms with van der Waals surface area (Å²) in [5.41, 5.74) is 2.41. The van der Waals surface area contributed by atoms with Crippen LogP contribution in [0.3, 0.4) is 0 Å². The molecule has 84 valence electrons. The third-order valence-electron chi connectivity index (χ3n) is 2.64. The smallest absolute Gasteiger partial charge is 0.0447 e. The zero-order chi connectivity index (χ0) is 9.97. The van der Waals surface area contributed by atoms with Crippen molar-refractivity contribution >= 4 is 24.0 Å². The van der Waals surface area contributed by atoms with Gasteiger partial charge in [0.2, 0.25) is 0 Å². The molecule has 1 heterocycles. The van der Waals surface area contributed by atoms with Gasteiger partial charge in [-0.05, 0) is 24.1 Å². The maximum absolute atomic E-state index is 6.08. The van der Waals surface area contributed by atoms with E-state index in [4.69, 9.17) is 11.6 Å². The number of hydrogen-bond donors (Lipinski definition) is 2. The third kappa shape index (κ3) is 3.08. The Morgan fingerprint density at radius 1 is 1.33 bits per heavy atom. The Balaban J connectivity index is 0.00000112. The van der Waals surface area contributed by atoms with Crippen molar-refractivity contribution in [2.24, 2.45) is 0 Å². The van der Waals surface area contributed by atoms with Crippen molar-refractivity contribution in [3.05, 3.63) is 34.3 Å². The molecule has 0 unspecified atom stereocenters. The summed E-state index contributed by atoms with van der Waals surface area (Å²) in [7, 11) is 0. The second-order valence-electron chi connectivity index (χ2n) is 3.72. The molecule has 1 aromatic carbocycles. The zero-order valence-corrected chi connectivity index (χ0v) is 10.3. The predicted octanol–water partition coefficient (Wildman–Crippen LogP) is 2.30. The third-order valence-corrected chi connectivity index (χ3v) is 3.05. The highest BCUT2D eigenvalue weighted by Crippen LogP contribution is 2.21. The molecule has 0 bridgehead atoms. The first kappa shape index (κ1) is 12.8. The van der Waals surface area contributed by atoms with Crippen LogP contribution in [-0.4, -0.2) is 19.6 Å². The summed E-state index contributed by atoms with van der Waals surface area (Å²) in [6.45, 7) is 5.09. The first-order chi connectivity index (χ1) is 6.77. The largest absolute Gasteiger partial charge is 0.314 e.